The van der Waals surface area contributed by atoms with Crippen LogP contribution in [0.4, 0.5) is 10.5 Å². The van der Waals surface area contributed by atoms with Crippen molar-refractivity contribution in [3.63, 3.8) is 0 Å². The predicted octanol–water partition coefficient (Wildman–Crippen LogP) is 3.09. The van der Waals surface area contributed by atoms with Crippen molar-refractivity contribution in [1.82, 2.24) is 9.80 Å². The molecule has 1 aliphatic heterocycles. The van der Waals surface area contributed by atoms with Crippen molar-refractivity contribution >= 4 is 17.6 Å². The number of carbonyl (C=O) groups is 2. The van der Waals surface area contributed by atoms with E-state index >= 15 is 0 Å². The van der Waals surface area contributed by atoms with Gasteiger partial charge < -0.3 is 19.9 Å². The number of nitrogens with one attached hydrogen (secondary N) is 1. The van der Waals surface area contributed by atoms with Gasteiger partial charge >= 0.3 is 6.03 Å². The zero-order valence-electron chi connectivity index (χ0n) is 15.5. The predicted molar refractivity (Wildman–Crippen MR) is 98.4 cm³/mol. The fraction of sp³-hybridized carbons (Fsp3) is 0.579. The normalized spacial score (nSPS) is 17.2. The lowest BCUT2D eigenvalue weighted by Crippen LogP contribution is -2.45. The van der Waals surface area contributed by atoms with E-state index in [1.807, 2.05) is 29.2 Å². The highest BCUT2D eigenvalue weighted by molar-refractivity contribution is 5.89. The Morgan fingerprint density at radius 3 is 2.92 bits per heavy atom. The summed E-state index contributed by atoms with van der Waals surface area (Å²) < 4.78 is 5.79. The first kappa shape index (κ1) is 19.2. The van der Waals surface area contributed by atoms with Gasteiger partial charge in [0.2, 0.25) is 5.91 Å². The molecular weight excluding hydrogens is 318 g/mol. The summed E-state index contributed by atoms with van der Waals surface area (Å²) in [6.07, 6.45) is 3.10. The first-order valence-corrected chi connectivity index (χ1v) is 8.97. The first-order chi connectivity index (χ1) is 12.0. The molecule has 0 unspecified atom stereocenters. The van der Waals surface area contributed by atoms with Crippen molar-refractivity contribution in [2.75, 3.05) is 32.1 Å². The Bertz CT molecular complexity index is 591. The van der Waals surface area contributed by atoms with Crippen molar-refractivity contribution in [2.24, 2.45) is 0 Å². The van der Waals surface area contributed by atoms with Gasteiger partial charge in [-0.05, 0) is 37.0 Å². The zero-order chi connectivity index (χ0) is 18.2. The van der Waals surface area contributed by atoms with Crippen LogP contribution in [0.3, 0.4) is 0 Å². The van der Waals surface area contributed by atoms with Crippen LogP contribution >= 0.6 is 0 Å². The van der Waals surface area contributed by atoms with E-state index in [4.69, 9.17) is 4.74 Å². The summed E-state index contributed by atoms with van der Waals surface area (Å²) in [7, 11) is 1.76. The third-order valence-corrected chi connectivity index (χ3v) is 4.36. The Morgan fingerprint density at radius 1 is 1.40 bits per heavy atom. The third kappa shape index (κ3) is 6.05. The molecule has 1 N–H and O–H groups in total. The Labute approximate surface area is 150 Å². The molecule has 1 atom stereocenters. The van der Waals surface area contributed by atoms with E-state index < -0.39 is 0 Å². The van der Waals surface area contributed by atoms with Gasteiger partial charge in [-0.3, -0.25) is 4.79 Å². The number of urea groups is 1. The molecule has 6 heteroatoms. The van der Waals surface area contributed by atoms with E-state index in [1.54, 1.807) is 18.9 Å². The molecule has 0 saturated carbocycles. The lowest BCUT2D eigenvalue weighted by Gasteiger charge is -2.32. The molecule has 138 valence electrons. The quantitative estimate of drug-likeness (QED) is 0.860. The number of amides is 3. The molecule has 25 heavy (non-hydrogen) atoms. The van der Waals surface area contributed by atoms with Crippen LogP contribution in [0, 0.1) is 0 Å². The smallest absolute Gasteiger partial charge is 0.321 e. The van der Waals surface area contributed by atoms with E-state index in [1.165, 1.54) is 0 Å². The van der Waals surface area contributed by atoms with Crippen LogP contribution < -0.4 is 5.32 Å². The highest BCUT2D eigenvalue weighted by Gasteiger charge is 2.24. The summed E-state index contributed by atoms with van der Waals surface area (Å²) in [6, 6.07) is 7.52. The van der Waals surface area contributed by atoms with Crippen molar-refractivity contribution < 1.29 is 14.3 Å². The molecular formula is C19H29N3O3. The molecule has 1 aliphatic rings. The minimum Gasteiger partial charge on any atom is -0.376 e. The number of piperidine rings is 1. The minimum absolute atomic E-state index is 0.0147. The van der Waals surface area contributed by atoms with Gasteiger partial charge in [-0.25, -0.2) is 4.79 Å². The molecule has 1 heterocycles. The maximum Gasteiger partial charge on any atom is 0.321 e. The topological polar surface area (TPSA) is 61.9 Å². The molecule has 6 nitrogen and oxygen atoms in total. The van der Waals surface area contributed by atoms with E-state index in [0.29, 0.717) is 13.1 Å². The number of likely N-dealkylation sites (tertiary alicyclic amines) is 1. The number of hydrogen-bond acceptors (Lipinski definition) is 3. The molecule has 1 aromatic rings. The van der Waals surface area contributed by atoms with Gasteiger partial charge in [0.1, 0.15) is 0 Å². The summed E-state index contributed by atoms with van der Waals surface area (Å²) in [4.78, 5) is 27.3. The lowest BCUT2D eigenvalue weighted by molar-refractivity contribution is -0.128. The van der Waals surface area contributed by atoms with Crippen LogP contribution in [0.2, 0.25) is 0 Å². The standard InChI is InChI=1S/C19H29N3O3/c1-4-11-25-18-9-6-10-22(14-18)19(24)20-17-8-5-7-16(12-17)13-21(3)15(2)23/h5,7-8,12,18H,4,6,9-11,13-14H2,1-3H3,(H,20,24)/t18-/m1/s1. The van der Waals surface area contributed by atoms with Crippen molar-refractivity contribution in [3.05, 3.63) is 29.8 Å². The van der Waals surface area contributed by atoms with Gasteiger partial charge in [-0.1, -0.05) is 19.1 Å². The van der Waals surface area contributed by atoms with Crippen LogP contribution in [-0.2, 0) is 16.1 Å². The number of nitrogens with zero attached hydrogens (tertiary/aromatic N) is 2. The van der Waals surface area contributed by atoms with Crippen LogP contribution in [0.15, 0.2) is 24.3 Å². The Kier molecular flexibility index (Phi) is 7.25. The van der Waals surface area contributed by atoms with Gasteiger partial charge in [0.25, 0.3) is 0 Å². The molecule has 3 amide bonds. The van der Waals surface area contributed by atoms with Gasteiger partial charge in [0.15, 0.2) is 0 Å². The number of anilines is 1. The minimum atomic E-state index is -0.0955. The van der Waals surface area contributed by atoms with Crippen LogP contribution in [-0.4, -0.2) is 54.6 Å². The van der Waals surface area contributed by atoms with E-state index in [0.717, 1.165) is 43.7 Å². The van der Waals surface area contributed by atoms with E-state index in [9.17, 15) is 9.59 Å². The number of benzene rings is 1. The number of hydrogen-bond donors (Lipinski definition) is 1. The van der Waals surface area contributed by atoms with Gasteiger partial charge in [-0.2, -0.15) is 0 Å². The molecule has 0 spiro atoms. The van der Waals surface area contributed by atoms with Crippen molar-refractivity contribution in [3.8, 4) is 0 Å². The van der Waals surface area contributed by atoms with Crippen molar-refractivity contribution in [2.45, 2.75) is 45.8 Å². The van der Waals surface area contributed by atoms with Gasteiger partial charge in [0.05, 0.1) is 6.10 Å². The molecule has 1 saturated heterocycles. The fourth-order valence-electron chi connectivity index (χ4n) is 2.88. The molecule has 1 aromatic carbocycles. The maximum atomic E-state index is 12.5. The van der Waals surface area contributed by atoms with Crippen LogP contribution in [0.25, 0.3) is 0 Å². The number of carbonyl (C=O) groups excluding carboxylic acids is 2. The van der Waals surface area contributed by atoms with E-state index in [2.05, 4.69) is 12.2 Å². The fourth-order valence-corrected chi connectivity index (χ4v) is 2.88. The molecule has 2 rings (SSSR count). The number of rotatable bonds is 6. The molecule has 0 bridgehead atoms. The molecule has 0 aromatic heterocycles. The summed E-state index contributed by atoms with van der Waals surface area (Å²) in [6.45, 7) is 6.29. The zero-order valence-corrected chi connectivity index (χ0v) is 15.5. The lowest BCUT2D eigenvalue weighted by atomic mass is 10.1. The highest BCUT2D eigenvalue weighted by Crippen LogP contribution is 2.17. The first-order valence-electron chi connectivity index (χ1n) is 8.97. The highest BCUT2D eigenvalue weighted by atomic mass is 16.5. The van der Waals surface area contributed by atoms with Gasteiger partial charge in [0, 0.05) is 45.9 Å². The maximum absolute atomic E-state index is 12.5. The largest absolute Gasteiger partial charge is 0.376 e. The van der Waals surface area contributed by atoms with Crippen molar-refractivity contribution in [1.29, 1.82) is 0 Å². The molecule has 0 radical (unpaired) electrons. The Hall–Kier alpha value is -2.08. The second-order valence-electron chi connectivity index (χ2n) is 6.59. The van der Waals surface area contributed by atoms with E-state index in [-0.39, 0.29) is 18.0 Å². The molecule has 1 fully saturated rings. The second kappa shape index (κ2) is 9.42. The second-order valence-corrected chi connectivity index (χ2v) is 6.59. The van der Waals surface area contributed by atoms with Crippen LogP contribution in [0.5, 0.6) is 0 Å². The summed E-state index contributed by atoms with van der Waals surface area (Å²) >= 11 is 0. The molecule has 0 aliphatic carbocycles. The average Bonchev–Trinajstić information content (AvgIpc) is 2.60. The average molecular weight is 347 g/mol. The summed E-state index contributed by atoms with van der Waals surface area (Å²) in [5.41, 5.74) is 1.73. The Morgan fingerprint density at radius 2 is 2.20 bits per heavy atom. The monoisotopic (exact) mass is 347 g/mol. The van der Waals surface area contributed by atoms with Gasteiger partial charge in [-0.15, -0.1) is 0 Å². The summed E-state index contributed by atoms with van der Waals surface area (Å²) in [5, 5.41) is 2.96. The summed E-state index contributed by atoms with van der Waals surface area (Å²) in [5.74, 6) is 0.0147. The van der Waals surface area contributed by atoms with Crippen LogP contribution in [0.1, 0.15) is 38.7 Å². The SMILES string of the molecule is CCCO[C@@H]1CCCN(C(=O)Nc2cccc(CN(C)C(C)=O)c2)C1. The Balaban J connectivity index is 1.92. The third-order valence-electron chi connectivity index (χ3n) is 4.36. The number of ether oxygens (including phenoxy) is 1.